The summed E-state index contributed by atoms with van der Waals surface area (Å²) in [5.41, 5.74) is 0.685. The molecular formula is C10H9Br2ClN2O. The van der Waals surface area contributed by atoms with Gasteiger partial charge in [0.15, 0.2) is 0 Å². The molecule has 0 spiro atoms. The van der Waals surface area contributed by atoms with E-state index in [1.54, 1.807) is 17.3 Å². The van der Waals surface area contributed by atoms with E-state index < -0.39 is 0 Å². The van der Waals surface area contributed by atoms with Gasteiger partial charge < -0.3 is 4.90 Å². The molecule has 1 aliphatic heterocycles. The van der Waals surface area contributed by atoms with Gasteiger partial charge in [-0.05, 0) is 21.8 Å². The number of carbonyl (C=O) groups excluding carboxylic acids is 1. The van der Waals surface area contributed by atoms with Gasteiger partial charge in [-0.3, -0.25) is 9.78 Å². The van der Waals surface area contributed by atoms with E-state index in [1.807, 2.05) is 0 Å². The summed E-state index contributed by atoms with van der Waals surface area (Å²) in [5.74, 6) is 0.453. The van der Waals surface area contributed by atoms with Crippen molar-refractivity contribution in [2.75, 3.05) is 16.8 Å². The fraction of sp³-hybridized carbons (Fsp3) is 0.400. The standard InChI is InChI=1S/C10H9Br2ClN2O/c11-2-6-1-9(16)15(5-6)8-4-14-3-7(12)10(8)13/h3-4,6H,1-2,5H2. The summed E-state index contributed by atoms with van der Waals surface area (Å²) in [6.45, 7) is 0.696. The summed E-state index contributed by atoms with van der Waals surface area (Å²) < 4.78 is 0.710. The number of nitrogens with zero attached hydrogens (tertiary/aromatic N) is 2. The van der Waals surface area contributed by atoms with Crippen LogP contribution in [0.4, 0.5) is 5.69 Å². The number of rotatable bonds is 2. The van der Waals surface area contributed by atoms with Gasteiger partial charge in [0.25, 0.3) is 0 Å². The molecule has 3 nitrogen and oxygen atoms in total. The zero-order valence-corrected chi connectivity index (χ0v) is 12.2. The predicted molar refractivity (Wildman–Crippen MR) is 71.2 cm³/mol. The van der Waals surface area contributed by atoms with E-state index in [2.05, 4.69) is 36.8 Å². The molecule has 0 bridgehead atoms. The van der Waals surface area contributed by atoms with Crippen molar-refractivity contribution in [1.29, 1.82) is 0 Å². The first kappa shape index (κ1) is 12.3. The van der Waals surface area contributed by atoms with Gasteiger partial charge in [0, 0.05) is 24.5 Å². The maximum Gasteiger partial charge on any atom is 0.227 e. The van der Waals surface area contributed by atoms with Crippen molar-refractivity contribution in [3.63, 3.8) is 0 Å². The lowest BCUT2D eigenvalue weighted by Gasteiger charge is -2.17. The van der Waals surface area contributed by atoms with E-state index in [9.17, 15) is 4.79 Å². The summed E-state index contributed by atoms with van der Waals surface area (Å²) in [6, 6.07) is 0. The van der Waals surface area contributed by atoms with Crippen molar-refractivity contribution >= 4 is 55.1 Å². The molecule has 0 aromatic carbocycles. The molecule has 0 N–H and O–H groups in total. The SMILES string of the molecule is O=C1CC(CBr)CN1c1cncc(Br)c1Cl. The van der Waals surface area contributed by atoms with E-state index >= 15 is 0 Å². The van der Waals surface area contributed by atoms with Gasteiger partial charge in [-0.25, -0.2) is 0 Å². The average Bonchev–Trinajstić information content (AvgIpc) is 2.64. The number of hydrogen-bond acceptors (Lipinski definition) is 2. The van der Waals surface area contributed by atoms with Crippen molar-refractivity contribution in [2.45, 2.75) is 6.42 Å². The van der Waals surface area contributed by atoms with Crippen molar-refractivity contribution < 1.29 is 4.79 Å². The first-order chi connectivity index (χ1) is 7.63. The second-order valence-electron chi connectivity index (χ2n) is 3.68. The summed E-state index contributed by atoms with van der Waals surface area (Å²) in [4.78, 5) is 17.5. The Morgan fingerprint density at radius 2 is 2.31 bits per heavy atom. The molecule has 1 atom stereocenters. The second kappa shape index (κ2) is 5.02. The highest BCUT2D eigenvalue weighted by Crippen LogP contribution is 2.35. The number of carbonyl (C=O) groups is 1. The first-order valence-electron chi connectivity index (χ1n) is 4.78. The van der Waals surface area contributed by atoms with Crippen molar-refractivity contribution in [1.82, 2.24) is 4.98 Å². The van der Waals surface area contributed by atoms with E-state index in [0.717, 1.165) is 5.33 Å². The lowest BCUT2D eigenvalue weighted by atomic mass is 10.2. The summed E-state index contributed by atoms with van der Waals surface area (Å²) in [5, 5.41) is 1.37. The van der Waals surface area contributed by atoms with Crippen LogP contribution in [0.1, 0.15) is 6.42 Å². The molecule has 1 aliphatic rings. The van der Waals surface area contributed by atoms with E-state index in [0.29, 0.717) is 34.1 Å². The van der Waals surface area contributed by atoms with Crippen LogP contribution in [0, 0.1) is 5.92 Å². The molecule has 16 heavy (non-hydrogen) atoms. The van der Waals surface area contributed by atoms with Gasteiger partial charge >= 0.3 is 0 Å². The number of halogens is 3. The molecule has 1 aromatic rings. The summed E-state index contributed by atoms with van der Waals surface area (Å²) in [6.07, 6.45) is 3.81. The topological polar surface area (TPSA) is 33.2 Å². The molecule has 86 valence electrons. The number of pyridine rings is 1. The Kier molecular flexibility index (Phi) is 3.87. The highest BCUT2D eigenvalue weighted by Gasteiger charge is 2.31. The Morgan fingerprint density at radius 1 is 1.56 bits per heavy atom. The average molecular weight is 368 g/mol. The van der Waals surface area contributed by atoms with Crippen LogP contribution < -0.4 is 4.90 Å². The van der Waals surface area contributed by atoms with Gasteiger partial charge in [0.2, 0.25) is 5.91 Å². The summed E-state index contributed by atoms with van der Waals surface area (Å²) >= 11 is 12.8. The van der Waals surface area contributed by atoms with E-state index in [-0.39, 0.29) is 5.91 Å². The van der Waals surface area contributed by atoms with Crippen LogP contribution in [0.3, 0.4) is 0 Å². The normalized spacial score (nSPS) is 20.6. The third-order valence-electron chi connectivity index (χ3n) is 2.53. The molecule has 1 fully saturated rings. The van der Waals surface area contributed by atoms with Crippen LogP contribution in [0.25, 0.3) is 0 Å². The Labute approximate surface area is 115 Å². The molecule has 2 heterocycles. The lowest BCUT2D eigenvalue weighted by Crippen LogP contribution is -2.25. The van der Waals surface area contributed by atoms with Gasteiger partial charge in [-0.2, -0.15) is 0 Å². The molecule has 0 radical (unpaired) electrons. The first-order valence-corrected chi connectivity index (χ1v) is 7.08. The molecule has 2 rings (SSSR count). The quantitative estimate of drug-likeness (QED) is 0.751. The van der Waals surface area contributed by atoms with Crippen molar-refractivity contribution in [3.05, 3.63) is 21.9 Å². The molecular weight excluding hydrogens is 359 g/mol. The predicted octanol–water partition coefficient (Wildman–Crippen LogP) is 3.25. The van der Waals surface area contributed by atoms with Crippen LogP contribution in [0.2, 0.25) is 5.02 Å². The van der Waals surface area contributed by atoms with E-state index in [4.69, 9.17) is 11.6 Å². The minimum absolute atomic E-state index is 0.103. The van der Waals surface area contributed by atoms with Gasteiger partial charge in [-0.1, -0.05) is 27.5 Å². The lowest BCUT2D eigenvalue weighted by molar-refractivity contribution is -0.117. The monoisotopic (exact) mass is 366 g/mol. The number of anilines is 1. The molecule has 1 aromatic heterocycles. The molecule has 1 amide bonds. The maximum atomic E-state index is 11.8. The molecule has 1 saturated heterocycles. The Balaban J connectivity index is 2.31. The van der Waals surface area contributed by atoms with Crippen LogP contribution in [-0.2, 0) is 4.79 Å². The number of amides is 1. The zero-order valence-electron chi connectivity index (χ0n) is 8.29. The number of aromatic nitrogens is 1. The fourth-order valence-electron chi connectivity index (χ4n) is 1.71. The summed E-state index contributed by atoms with van der Waals surface area (Å²) in [7, 11) is 0. The van der Waals surface area contributed by atoms with Gasteiger partial charge in [-0.15, -0.1) is 0 Å². The Bertz CT molecular complexity index is 427. The van der Waals surface area contributed by atoms with Crippen molar-refractivity contribution in [2.24, 2.45) is 5.92 Å². The molecule has 0 aliphatic carbocycles. The molecule has 6 heteroatoms. The van der Waals surface area contributed by atoms with Crippen LogP contribution in [-0.4, -0.2) is 22.8 Å². The largest absolute Gasteiger partial charge is 0.309 e. The third-order valence-corrected chi connectivity index (χ3v) is 4.68. The zero-order chi connectivity index (χ0) is 11.7. The molecule has 1 unspecified atom stereocenters. The van der Waals surface area contributed by atoms with Crippen LogP contribution >= 0.6 is 43.5 Å². The van der Waals surface area contributed by atoms with Crippen LogP contribution in [0.15, 0.2) is 16.9 Å². The smallest absolute Gasteiger partial charge is 0.227 e. The Morgan fingerprint density at radius 3 is 2.94 bits per heavy atom. The van der Waals surface area contributed by atoms with Crippen LogP contribution in [0.5, 0.6) is 0 Å². The van der Waals surface area contributed by atoms with E-state index in [1.165, 1.54) is 0 Å². The van der Waals surface area contributed by atoms with Gasteiger partial charge in [0.1, 0.15) is 0 Å². The Hall–Kier alpha value is -0.130. The van der Waals surface area contributed by atoms with Crippen molar-refractivity contribution in [3.8, 4) is 0 Å². The number of alkyl halides is 1. The van der Waals surface area contributed by atoms with Gasteiger partial charge in [0.05, 0.1) is 21.4 Å². The third kappa shape index (κ3) is 2.26. The minimum atomic E-state index is 0.103. The number of hydrogen-bond donors (Lipinski definition) is 0. The molecule has 0 saturated carbocycles. The maximum absolute atomic E-state index is 11.8. The highest BCUT2D eigenvalue weighted by atomic mass is 79.9. The fourth-order valence-corrected chi connectivity index (χ4v) is 2.67. The highest BCUT2D eigenvalue weighted by molar-refractivity contribution is 9.10. The minimum Gasteiger partial charge on any atom is -0.309 e. The second-order valence-corrected chi connectivity index (χ2v) is 5.56.